The number of benzene rings is 2. The Bertz CT molecular complexity index is 1220. The predicted molar refractivity (Wildman–Crippen MR) is 137 cm³/mol. The Hall–Kier alpha value is -3.81. The highest BCUT2D eigenvalue weighted by atomic mass is 32.2. The molecule has 0 spiro atoms. The van der Waals surface area contributed by atoms with Crippen molar-refractivity contribution in [3.05, 3.63) is 76.3 Å². The number of para-hydroxylation sites is 3. The van der Waals surface area contributed by atoms with Gasteiger partial charge in [0, 0.05) is 17.3 Å². The maximum atomic E-state index is 12.8. The highest BCUT2D eigenvalue weighted by Crippen LogP contribution is 2.27. The van der Waals surface area contributed by atoms with Gasteiger partial charge in [0.2, 0.25) is 5.91 Å². The molecule has 0 saturated heterocycles. The van der Waals surface area contributed by atoms with Gasteiger partial charge >= 0.3 is 0 Å². The molecule has 1 aromatic heterocycles. The normalized spacial score (nSPS) is 11.1. The van der Waals surface area contributed by atoms with Crippen molar-refractivity contribution in [2.24, 2.45) is 0 Å². The number of carbonyl (C=O) groups is 2. The van der Waals surface area contributed by atoms with Crippen LogP contribution in [0, 0.1) is 18.3 Å². The Morgan fingerprint density at radius 1 is 1.09 bits per heavy atom. The molecule has 174 valence electrons. The number of carbonyl (C=O) groups excluding carboxylic acids is 2. The number of aryl methyl sites for hydroxylation is 1. The van der Waals surface area contributed by atoms with Crippen LogP contribution in [-0.2, 0) is 9.59 Å². The molecule has 2 amide bonds. The molecule has 0 bridgehead atoms. The standard InChI is InChI=1S/C24H23N5O3S2/c1-3-32-20-11-7-6-10-19(20)27-21(30)15-34-23(28-18-9-5-4-8-16(18)2)17(14-25)22(31)29-24-26-12-13-33-24/h4-13,28H,3,15H2,1-2H3,(H,27,30)(H,26,29,31)/b23-17-. The second-order valence-corrected chi connectivity index (χ2v) is 8.69. The zero-order chi connectivity index (χ0) is 24.3. The van der Waals surface area contributed by atoms with E-state index in [9.17, 15) is 14.9 Å². The second kappa shape index (κ2) is 12.4. The average Bonchev–Trinajstić information content (AvgIpc) is 3.33. The van der Waals surface area contributed by atoms with Gasteiger partial charge in [-0.1, -0.05) is 42.1 Å². The summed E-state index contributed by atoms with van der Waals surface area (Å²) in [5, 5.41) is 20.7. The molecule has 0 aliphatic rings. The van der Waals surface area contributed by atoms with E-state index in [1.165, 1.54) is 11.3 Å². The fraction of sp³-hybridized carbons (Fsp3) is 0.167. The zero-order valence-electron chi connectivity index (χ0n) is 18.6. The quantitative estimate of drug-likeness (QED) is 0.269. The molecule has 3 aromatic rings. The first kappa shape index (κ1) is 24.8. The lowest BCUT2D eigenvalue weighted by molar-refractivity contribution is -0.114. The van der Waals surface area contributed by atoms with Gasteiger partial charge in [-0.25, -0.2) is 4.98 Å². The zero-order valence-corrected chi connectivity index (χ0v) is 20.3. The number of aromatic nitrogens is 1. The summed E-state index contributed by atoms with van der Waals surface area (Å²) in [6, 6.07) is 16.6. The van der Waals surface area contributed by atoms with Crippen LogP contribution in [0.2, 0.25) is 0 Å². The van der Waals surface area contributed by atoms with Gasteiger partial charge < -0.3 is 15.4 Å². The van der Waals surface area contributed by atoms with Gasteiger partial charge in [0.25, 0.3) is 5.91 Å². The van der Waals surface area contributed by atoms with E-state index in [1.54, 1.807) is 29.8 Å². The van der Waals surface area contributed by atoms with Gasteiger partial charge in [0.1, 0.15) is 17.4 Å². The lowest BCUT2D eigenvalue weighted by Gasteiger charge is -2.15. The molecule has 0 saturated carbocycles. The Labute approximate surface area is 206 Å². The number of amides is 2. The van der Waals surface area contributed by atoms with E-state index >= 15 is 0 Å². The molecule has 1 heterocycles. The third-order valence-electron chi connectivity index (χ3n) is 4.42. The topological polar surface area (TPSA) is 116 Å². The fourth-order valence-electron chi connectivity index (χ4n) is 2.83. The molecule has 3 rings (SSSR count). The maximum absolute atomic E-state index is 12.8. The van der Waals surface area contributed by atoms with Gasteiger partial charge in [-0.15, -0.1) is 11.3 Å². The number of rotatable bonds is 10. The molecule has 0 aliphatic heterocycles. The highest BCUT2D eigenvalue weighted by Gasteiger charge is 2.19. The van der Waals surface area contributed by atoms with E-state index in [1.807, 2.05) is 50.2 Å². The second-order valence-electron chi connectivity index (χ2n) is 6.81. The van der Waals surface area contributed by atoms with Crippen molar-refractivity contribution < 1.29 is 14.3 Å². The van der Waals surface area contributed by atoms with Gasteiger partial charge in [0.15, 0.2) is 5.13 Å². The molecular formula is C24H23N5O3S2. The smallest absolute Gasteiger partial charge is 0.270 e. The van der Waals surface area contributed by atoms with Gasteiger partial charge in [-0.05, 0) is 37.6 Å². The monoisotopic (exact) mass is 493 g/mol. The summed E-state index contributed by atoms with van der Waals surface area (Å²) in [4.78, 5) is 29.5. The van der Waals surface area contributed by atoms with E-state index in [4.69, 9.17) is 4.74 Å². The Balaban J connectivity index is 1.81. The van der Waals surface area contributed by atoms with Crippen molar-refractivity contribution in [3.8, 4) is 11.8 Å². The minimum atomic E-state index is -0.608. The van der Waals surface area contributed by atoms with Crippen LogP contribution in [-0.4, -0.2) is 29.2 Å². The molecular weight excluding hydrogens is 470 g/mol. The van der Waals surface area contributed by atoms with Crippen molar-refractivity contribution in [1.82, 2.24) is 4.98 Å². The first-order valence-electron chi connectivity index (χ1n) is 10.3. The predicted octanol–water partition coefficient (Wildman–Crippen LogP) is 5.01. The van der Waals surface area contributed by atoms with E-state index in [-0.39, 0.29) is 22.3 Å². The minimum Gasteiger partial charge on any atom is -0.492 e. The van der Waals surface area contributed by atoms with E-state index in [0.29, 0.717) is 23.2 Å². The fourth-order valence-corrected chi connectivity index (χ4v) is 4.17. The molecule has 34 heavy (non-hydrogen) atoms. The van der Waals surface area contributed by atoms with Crippen LogP contribution in [0.1, 0.15) is 12.5 Å². The first-order chi connectivity index (χ1) is 16.5. The van der Waals surface area contributed by atoms with Crippen molar-refractivity contribution in [1.29, 1.82) is 5.26 Å². The molecule has 3 N–H and O–H groups in total. The largest absolute Gasteiger partial charge is 0.492 e. The van der Waals surface area contributed by atoms with Crippen LogP contribution in [0.25, 0.3) is 0 Å². The van der Waals surface area contributed by atoms with Gasteiger partial charge in [0.05, 0.1) is 23.1 Å². The Morgan fingerprint density at radius 2 is 1.82 bits per heavy atom. The van der Waals surface area contributed by atoms with Crippen LogP contribution >= 0.6 is 23.1 Å². The highest BCUT2D eigenvalue weighted by molar-refractivity contribution is 8.03. The summed E-state index contributed by atoms with van der Waals surface area (Å²) in [5.74, 6) is -0.385. The van der Waals surface area contributed by atoms with Gasteiger partial charge in [-0.2, -0.15) is 5.26 Å². The number of nitrogens with zero attached hydrogens (tertiary/aromatic N) is 2. The van der Waals surface area contributed by atoms with Crippen molar-refractivity contribution >= 4 is 51.4 Å². The summed E-state index contributed by atoms with van der Waals surface area (Å²) in [6.45, 7) is 4.24. The van der Waals surface area contributed by atoms with Crippen molar-refractivity contribution in [2.45, 2.75) is 13.8 Å². The summed E-state index contributed by atoms with van der Waals surface area (Å²) in [5.41, 5.74) is 2.05. The molecule has 10 heteroatoms. The number of thioether (sulfide) groups is 1. The summed E-state index contributed by atoms with van der Waals surface area (Å²) < 4.78 is 5.55. The van der Waals surface area contributed by atoms with Gasteiger partial charge in [-0.3, -0.25) is 14.9 Å². The average molecular weight is 494 g/mol. The van der Waals surface area contributed by atoms with E-state index in [2.05, 4.69) is 20.9 Å². The lowest BCUT2D eigenvalue weighted by atomic mass is 10.2. The number of anilines is 3. The minimum absolute atomic E-state index is 0.0373. The van der Waals surface area contributed by atoms with Crippen LogP contribution in [0.15, 0.2) is 70.7 Å². The molecule has 0 aliphatic carbocycles. The van der Waals surface area contributed by atoms with E-state index < -0.39 is 5.91 Å². The number of hydrogen-bond donors (Lipinski definition) is 3. The molecule has 0 radical (unpaired) electrons. The van der Waals surface area contributed by atoms with E-state index in [0.717, 1.165) is 23.0 Å². The number of nitriles is 1. The SMILES string of the molecule is CCOc1ccccc1NC(=O)CS/C(Nc1ccccc1C)=C(/C#N)C(=O)Nc1nccs1. The number of ether oxygens (including phenoxy) is 1. The van der Waals surface area contributed by atoms with Crippen molar-refractivity contribution in [3.63, 3.8) is 0 Å². The summed E-state index contributed by atoms with van der Waals surface area (Å²) >= 11 is 2.30. The van der Waals surface area contributed by atoms with Crippen LogP contribution in [0.3, 0.4) is 0 Å². The molecule has 0 atom stereocenters. The van der Waals surface area contributed by atoms with Crippen LogP contribution in [0.4, 0.5) is 16.5 Å². The Kier molecular flexibility index (Phi) is 9.08. The molecule has 8 nitrogen and oxygen atoms in total. The maximum Gasteiger partial charge on any atom is 0.270 e. The molecule has 2 aromatic carbocycles. The number of thiazole rings is 1. The molecule has 0 unspecified atom stereocenters. The summed E-state index contributed by atoms with van der Waals surface area (Å²) in [6.07, 6.45) is 1.56. The molecule has 0 fully saturated rings. The third-order valence-corrected chi connectivity index (χ3v) is 6.11. The third kappa shape index (κ3) is 6.84. The van der Waals surface area contributed by atoms with Crippen LogP contribution in [0.5, 0.6) is 5.75 Å². The lowest BCUT2D eigenvalue weighted by Crippen LogP contribution is -2.19. The Morgan fingerprint density at radius 3 is 2.50 bits per heavy atom. The number of nitrogens with one attached hydrogen (secondary N) is 3. The first-order valence-corrected chi connectivity index (χ1v) is 12.2. The van der Waals surface area contributed by atoms with Crippen LogP contribution < -0.4 is 20.7 Å². The number of hydrogen-bond acceptors (Lipinski definition) is 8. The van der Waals surface area contributed by atoms with Crippen molar-refractivity contribution in [2.75, 3.05) is 28.3 Å². The summed E-state index contributed by atoms with van der Waals surface area (Å²) in [7, 11) is 0.